The molecule has 136 valence electrons. The van der Waals surface area contributed by atoms with E-state index in [9.17, 15) is 30.6 Å². The highest BCUT2D eigenvalue weighted by Gasteiger charge is 2.49. The summed E-state index contributed by atoms with van der Waals surface area (Å²) in [6, 6.07) is 0. The van der Waals surface area contributed by atoms with Gasteiger partial charge in [-0.3, -0.25) is 0 Å². The lowest BCUT2D eigenvalue weighted by atomic mass is 9.96. The molecule has 0 aromatic heterocycles. The van der Waals surface area contributed by atoms with Gasteiger partial charge in [0.15, 0.2) is 12.6 Å². The Morgan fingerprint density at radius 3 is 1.87 bits per heavy atom. The van der Waals surface area contributed by atoms with Crippen LogP contribution in [-0.4, -0.2) is 105 Å². The minimum atomic E-state index is -1.65. The molecule has 2 fully saturated rings. The molecule has 23 heavy (non-hydrogen) atoms. The van der Waals surface area contributed by atoms with E-state index in [1.165, 1.54) is 0 Å². The molecule has 0 radical (unpaired) electrons. The minimum Gasteiger partial charge on any atom is -0.388 e. The van der Waals surface area contributed by atoms with Crippen LogP contribution in [0.25, 0.3) is 0 Å². The predicted octanol–water partition coefficient (Wildman–Crippen LogP) is -5.46. The second-order valence-corrected chi connectivity index (χ2v) is 5.63. The van der Waals surface area contributed by atoms with E-state index in [0.717, 1.165) is 0 Å². The number of nitrogens with two attached hydrogens (primary N) is 2. The Hall–Kier alpha value is -0.440. The molecule has 0 aromatic carbocycles. The zero-order valence-electron chi connectivity index (χ0n) is 12.3. The van der Waals surface area contributed by atoms with E-state index >= 15 is 0 Å². The highest BCUT2D eigenvalue weighted by molar-refractivity contribution is 4.94. The van der Waals surface area contributed by atoms with Gasteiger partial charge in [-0.2, -0.15) is 0 Å². The van der Waals surface area contributed by atoms with Gasteiger partial charge < -0.3 is 56.3 Å². The van der Waals surface area contributed by atoms with Crippen LogP contribution in [0.1, 0.15) is 0 Å². The van der Waals surface area contributed by atoms with Crippen LogP contribution in [0.15, 0.2) is 0 Å². The van der Waals surface area contributed by atoms with Crippen molar-refractivity contribution in [3.63, 3.8) is 0 Å². The number of hydrogen-bond acceptors (Lipinski definition) is 11. The second kappa shape index (κ2) is 7.63. The van der Waals surface area contributed by atoms with Gasteiger partial charge in [-0.25, -0.2) is 0 Å². The van der Waals surface area contributed by atoms with E-state index in [1.54, 1.807) is 0 Å². The van der Waals surface area contributed by atoms with Crippen molar-refractivity contribution < 1.29 is 44.8 Å². The Kier molecular flexibility index (Phi) is 6.27. The number of hydrogen-bond donors (Lipinski definition) is 8. The summed E-state index contributed by atoms with van der Waals surface area (Å²) in [7, 11) is 0. The second-order valence-electron chi connectivity index (χ2n) is 5.63. The quantitative estimate of drug-likeness (QED) is 0.242. The van der Waals surface area contributed by atoms with Crippen molar-refractivity contribution in [2.24, 2.45) is 11.5 Å². The normalized spacial score (nSPS) is 51.7. The molecule has 0 amide bonds. The molecule has 0 saturated carbocycles. The topological polar surface area (TPSA) is 201 Å². The van der Waals surface area contributed by atoms with Gasteiger partial charge in [0.05, 0.1) is 0 Å². The summed E-state index contributed by atoms with van der Waals surface area (Å²) < 4.78 is 15.7. The van der Waals surface area contributed by atoms with Crippen molar-refractivity contribution in [3.05, 3.63) is 0 Å². The fourth-order valence-corrected chi connectivity index (χ4v) is 2.66. The summed E-state index contributed by atoms with van der Waals surface area (Å²) >= 11 is 0. The lowest BCUT2D eigenvalue weighted by Gasteiger charge is -2.45. The van der Waals surface area contributed by atoms with Gasteiger partial charge in [-0.15, -0.1) is 0 Å². The van der Waals surface area contributed by atoms with Crippen molar-refractivity contribution in [3.8, 4) is 0 Å². The number of aliphatic hydroxyl groups excluding tert-OH is 6. The summed E-state index contributed by atoms with van der Waals surface area (Å²) in [6.45, 7) is -0.296. The Bertz CT molecular complexity index is 386. The number of aliphatic hydroxyl groups is 6. The van der Waals surface area contributed by atoms with Crippen molar-refractivity contribution in [1.29, 1.82) is 0 Å². The molecule has 0 aliphatic carbocycles. The van der Waals surface area contributed by atoms with E-state index in [1.807, 2.05) is 0 Å². The zero-order valence-corrected chi connectivity index (χ0v) is 12.3. The minimum absolute atomic E-state index is 0.143. The maximum absolute atomic E-state index is 10.0. The van der Waals surface area contributed by atoms with E-state index in [0.29, 0.717) is 0 Å². The Balaban J connectivity index is 2.11. The Morgan fingerprint density at radius 2 is 1.30 bits per heavy atom. The summed E-state index contributed by atoms with van der Waals surface area (Å²) in [5.41, 5.74) is 10.9. The molecule has 2 heterocycles. The van der Waals surface area contributed by atoms with Crippen LogP contribution >= 0.6 is 0 Å². The van der Waals surface area contributed by atoms with Gasteiger partial charge in [-0.1, -0.05) is 0 Å². The number of ether oxygens (including phenoxy) is 3. The molecule has 10 atom stereocenters. The number of rotatable bonds is 4. The molecule has 0 spiro atoms. The first-order chi connectivity index (χ1) is 10.8. The van der Waals surface area contributed by atoms with Crippen LogP contribution < -0.4 is 11.5 Å². The molecule has 2 aliphatic heterocycles. The van der Waals surface area contributed by atoms with Crippen molar-refractivity contribution in [1.82, 2.24) is 0 Å². The first-order valence-electron chi connectivity index (χ1n) is 7.26. The largest absolute Gasteiger partial charge is 0.388 e. The first kappa shape index (κ1) is 18.9. The van der Waals surface area contributed by atoms with Gasteiger partial charge in [0.1, 0.15) is 48.8 Å². The maximum atomic E-state index is 10.0. The molecule has 4 unspecified atom stereocenters. The molecule has 2 saturated heterocycles. The molecule has 2 aliphatic rings. The third-order valence-corrected chi connectivity index (χ3v) is 4.08. The van der Waals surface area contributed by atoms with Gasteiger partial charge >= 0.3 is 0 Å². The summed E-state index contributed by atoms with van der Waals surface area (Å²) in [4.78, 5) is 0. The van der Waals surface area contributed by atoms with Gasteiger partial charge in [0, 0.05) is 13.1 Å². The SMILES string of the molecule is NCC1O[C@@H](O)C(O)[C@@H](O)[C@@H]1O[C@@H]1OC(CN)[C@H](O)[C@H](O)C1O. The average Bonchev–Trinajstić information content (AvgIpc) is 2.55. The van der Waals surface area contributed by atoms with E-state index < -0.39 is 61.4 Å². The van der Waals surface area contributed by atoms with Crippen LogP contribution in [0.3, 0.4) is 0 Å². The van der Waals surface area contributed by atoms with Crippen molar-refractivity contribution >= 4 is 0 Å². The molecule has 10 N–H and O–H groups in total. The van der Waals surface area contributed by atoms with Crippen LogP contribution in [0, 0.1) is 0 Å². The lowest BCUT2D eigenvalue weighted by Crippen LogP contribution is -2.65. The fraction of sp³-hybridized carbons (Fsp3) is 1.00. The molecule has 11 nitrogen and oxygen atoms in total. The standard InChI is InChI=1S/C12H24N2O9/c13-1-3-5(15)6(16)9(19)12(22-3)23-10-4(2-14)21-11(20)8(18)7(10)17/h3-12,15-20H,1-2,13-14H2/t3?,4?,5-,6-,7+,8?,9?,10+,11+,12-/m0/s1. The average molecular weight is 340 g/mol. The predicted molar refractivity (Wildman–Crippen MR) is 72.6 cm³/mol. The highest BCUT2D eigenvalue weighted by Crippen LogP contribution is 2.28. The van der Waals surface area contributed by atoms with E-state index in [2.05, 4.69) is 0 Å². The lowest BCUT2D eigenvalue weighted by molar-refractivity contribution is -0.349. The van der Waals surface area contributed by atoms with Crippen LogP contribution in [0.5, 0.6) is 0 Å². The Morgan fingerprint density at radius 1 is 0.696 bits per heavy atom. The van der Waals surface area contributed by atoms with Gasteiger partial charge in [0.2, 0.25) is 0 Å². The molecule has 2 rings (SSSR count). The monoisotopic (exact) mass is 340 g/mol. The molecular formula is C12H24N2O9. The zero-order chi connectivity index (χ0) is 17.3. The molecule has 11 heteroatoms. The fourth-order valence-electron chi connectivity index (χ4n) is 2.66. The van der Waals surface area contributed by atoms with Gasteiger partial charge in [-0.05, 0) is 0 Å². The highest BCUT2D eigenvalue weighted by atomic mass is 16.7. The van der Waals surface area contributed by atoms with E-state index in [-0.39, 0.29) is 13.1 Å². The van der Waals surface area contributed by atoms with Crippen molar-refractivity contribution in [2.75, 3.05) is 13.1 Å². The van der Waals surface area contributed by atoms with Crippen LogP contribution in [0.4, 0.5) is 0 Å². The Labute approximate surface area is 132 Å². The summed E-state index contributed by atoms with van der Waals surface area (Å²) in [5.74, 6) is 0. The maximum Gasteiger partial charge on any atom is 0.187 e. The van der Waals surface area contributed by atoms with Crippen molar-refractivity contribution in [2.45, 2.75) is 61.4 Å². The van der Waals surface area contributed by atoms with Crippen LogP contribution in [-0.2, 0) is 14.2 Å². The van der Waals surface area contributed by atoms with Gasteiger partial charge in [0.25, 0.3) is 0 Å². The smallest absolute Gasteiger partial charge is 0.187 e. The summed E-state index contributed by atoms with van der Waals surface area (Å²) in [6.07, 6.45) is -14.1. The molecular weight excluding hydrogens is 316 g/mol. The first-order valence-corrected chi connectivity index (χ1v) is 7.26. The molecule has 0 aromatic rings. The third kappa shape index (κ3) is 3.65. The third-order valence-electron chi connectivity index (χ3n) is 4.08. The van der Waals surface area contributed by atoms with Crippen LogP contribution in [0.2, 0.25) is 0 Å². The van der Waals surface area contributed by atoms with E-state index in [4.69, 9.17) is 25.7 Å². The molecule has 0 bridgehead atoms. The summed E-state index contributed by atoms with van der Waals surface area (Å²) in [5, 5.41) is 58.6.